The molecule has 2 aromatic carbocycles. The first-order chi connectivity index (χ1) is 14.9. The molecule has 1 amide bonds. The number of benzene rings is 2. The molecule has 1 unspecified atom stereocenters. The molecule has 0 radical (unpaired) electrons. The zero-order valence-electron chi connectivity index (χ0n) is 17.9. The molecule has 3 rings (SSSR count). The van der Waals surface area contributed by atoms with Gasteiger partial charge in [0.25, 0.3) is 5.91 Å². The summed E-state index contributed by atoms with van der Waals surface area (Å²) in [5, 5.41) is 16.1. The number of carbonyl (C=O) groups is 1. The monoisotopic (exact) mass is 445 g/mol. The highest BCUT2D eigenvalue weighted by Gasteiger charge is 2.33. The van der Waals surface area contributed by atoms with Crippen molar-refractivity contribution in [3.63, 3.8) is 0 Å². The lowest BCUT2D eigenvalue weighted by Crippen LogP contribution is -2.54. The molecule has 168 valence electrons. The number of nitrogens with zero attached hydrogens (tertiary/aromatic N) is 1. The van der Waals surface area contributed by atoms with Gasteiger partial charge in [-0.05, 0) is 49.4 Å². The van der Waals surface area contributed by atoms with E-state index in [9.17, 15) is 4.79 Å². The summed E-state index contributed by atoms with van der Waals surface area (Å²) < 4.78 is 5.03. The van der Waals surface area contributed by atoms with Crippen LogP contribution < -0.4 is 5.73 Å². The van der Waals surface area contributed by atoms with Gasteiger partial charge in [-0.25, -0.2) is 0 Å². The number of piperidine rings is 1. The number of hydrogen-bond acceptors (Lipinski definition) is 6. The van der Waals surface area contributed by atoms with Gasteiger partial charge in [0.05, 0.1) is 6.61 Å². The van der Waals surface area contributed by atoms with E-state index in [2.05, 4.69) is 0 Å². The van der Waals surface area contributed by atoms with Crippen molar-refractivity contribution in [3.05, 3.63) is 71.3 Å². The first-order valence-electron chi connectivity index (χ1n) is 10.3. The van der Waals surface area contributed by atoms with Crippen molar-refractivity contribution in [2.24, 2.45) is 5.73 Å². The van der Waals surface area contributed by atoms with Crippen molar-refractivity contribution in [1.82, 2.24) is 4.90 Å². The van der Waals surface area contributed by atoms with Gasteiger partial charge >= 0.3 is 0 Å². The Balaban J connectivity index is 0.000000316. The van der Waals surface area contributed by atoms with Gasteiger partial charge in [-0.2, -0.15) is 0 Å². The van der Waals surface area contributed by atoms with Crippen molar-refractivity contribution in [2.75, 3.05) is 26.3 Å². The van der Waals surface area contributed by atoms with Gasteiger partial charge in [0, 0.05) is 36.5 Å². The largest absolute Gasteiger partial charge is 0.396 e. The molecule has 5 N–H and O–H groups in total. The van der Waals surface area contributed by atoms with Crippen LogP contribution in [0, 0.1) is 5.41 Å². The normalized spacial score (nSPS) is 15.4. The number of nitrogens with one attached hydrogen (secondary N) is 1. The van der Waals surface area contributed by atoms with Crippen molar-refractivity contribution in [2.45, 2.75) is 31.7 Å². The van der Waals surface area contributed by atoms with Crippen LogP contribution in [0.3, 0.4) is 0 Å². The summed E-state index contributed by atoms with van der Waals surface area (Å²) in [6.45, 7) is 3.44. The zero-order valence-corrected chi connectivity index (χ0v) is 18.9. The van der Waals surface area contributed by atoms with Crippen molar-refractivity contribution in [1.29, 1.82) is 5.41 Å². The summed E-state index contributed by atoms with van der Waals surface area (Å²) in [5.74, 6) is -0.0128. The van der Waals surface area contributed by atoms with Crippen LogP contribution in [-0.2, 0) is 10.9 Å². The van der Waals surface area contributed by atoms with Crippen LogP contribution in [-0.4, -0.2) is 58.4 Å². The van der Waals surface area contributed by atoms with E-state index in [0.29, 0.717) is 43.8 Å². The van der Waals surface area contributed by atoms with E-state index in [4.69, 9.17) is 25.7 Å². The van der Waals surface area contributed by atoms with Gasteiger partial charge in [-0.15, -0.1) is 0 Å². The summed E-state index contributed by atoms with van der Waals surface area (Å²) in [6, 6.07) is 17.1. The third-order valence-corrected chi connectivity index (χ3v) is 5.55. The Morgan fingerprint density at radius 1 is 1.13 bits per heavy atom. The predicted octanol–water partition coefficient (Wildman–Crippen LogP) is 2.75. The molecule has 0 spiro atoms. The molecule has 31 heavy (non-hydrogen) atoms. The lowest BCUT2D eigenvalue weighted by molar-refractivity contribution is 0.0628. The lowest BCUT2D eigenvalue weighted by Gasteiger charge is -2.38. The maximum Gasteiger partial charge on any atom is 0.253 e. The topological polar surface area (TPSA) is 120 Å². The Labute approximate surface area is 185 Å². The number of nitrogens with two attached hydrogens (primary N) is 1. The molecule has 1 heterocycles. The van der Waals surface area contributed by atoms with Crippen molar-refractivity contribution >= 4 is 20.7 Å². The third-order valence-electron chi connectivity index (χ3n) is 5.28. The maximum absolute atomic E-state index is 12.5. The van der Waals surface area contributed by atoms with Crippen LogP contribution in [0.2, 0.25) is 0 Å². The molecule has 0 aliphatic carbocycles. The highest BCUT2D eigenvalue weighted by atomic mass is 31.1. The van der Waals surface area contributed by atoms with Gasteiger partial charge in [0.15, 0.2) is 9.03 Å². The van der Waals surface area contributed by atoms with Gasteiger partial charge in [0.2, 0.25) is 0 Å². The average Bonchev–Trinajstić information content (AvgIpc) is 2.79. The first-order valence-corrected chi connectivity index (χ1v) is 11.1. The predicted molar refractivity (Wildman–Crippen MR) is 125 cm³/mol. The number of carbonyl (C=O) groups excluding carboxylic acids is 1. The molecule has 1 fully saturated rings. The molecule has 8 heteroatoms. The van der Waals surface area contributed by atoms with E-state index in [0.717, 1.165) is 12.0 Å². The first kappa shape index (κ1) is 25.1. The minimum atomic E-state index is -0.552. The van der Waals surface area contributed by atoms with E-state index >= 15 is 0 Å². The summed E-state index contributed by atoms with van der Waals surface area (Å²) in [5.41, 5.74) is 8.86. The lowest BCUT2D eigenvalue weighted by atomic mass is 9.89. The number of likely N-dealkylation sites (tertiary alicyclic amines) is 1. The van der Waals surface area contributed by atoms with Crippen molar-refractivity contribution in [3.8, 4) is 0 Å². The standard InChI is InChI=1S/C15H22N3O3P.C8H10O/c1-11(16)12-2-4-13(5-3-12)14(19)18-8-6-15(17,7-9-18)10-21-22-20;9-7-6-8-4-2-1-3-5-8/h2-5,16,20,22H,6-10,17H2,1H3;1-5,9H,6-7H2. The van der Waals surface area contributed by atoms with Crippen LogP contribution in [0.15, 0.2) is 54.6 Å². The SMILES string of the molecule is CC(=N)c1ccc(C(=O)N2CCC(N)(COPO)CC2)cc1.OCCc1ccccc1. The third kappa shape index (κ3) is 8.13. The summed E-state index contributed by atoms with van der Waals surface area (Å²) in [7, 11) is -0.552. The number of rotatable bonds is 7. The van der Waals surface area contributed by atoms with Gasteiger partial charge in [-0.1, -0.05) is 42.5 Å². The van der Waals surface area contributed by atoms with E-state index < -0.39 is 14.6 Å². The van der Waals surface area contributed by atoms with Crippen LogP contribution >= 0.6 is 9.03 Å². The summed E-state index contributed by atoms with van der Waals surface area (Å²) in [4.78, 5) is 23.0. The quantitative estimate of drug-likeness (QED) is 0.386. The molecular formula is C23H32N3O4P. The molecule has 1 aliphatic rings. The molecular weight excluding hydrogens is 413 g/mol. The van der Waals surface area contributed by atoms with Crippen LogP contribution in [0.1, 0.15) is 41.3 Å². The smallest absolute Gasteiger partial charge is 0.253 e. The fourth-order valence-corrected chi connectivity index (χ4v) is 3.65. The van der Waals surface area contributed by atoms with Gasteiger partial charge in [0.1, 0.15) is 0 Å². The molecule has 2 aromatic rings. The number of aliphatic hydroxyl groups is 1. The van der Waals surface area contributed by atoms with Crippen LogP contribution in [0.25, 0.3) is 0 Å². The van der Waals surface area contributed by atoms with Crippen molar-refractivity contribution < 1.29 is 19.3 Å². The summed E-state index contributed by atoms with van der Waals surface area (Å²) in [6.07, 6.45) is 2.07. The molecule has 0 saturated carbocycles. The maximum atomic E-state index is 12.5. The van der Waals surface area contributed by atoms with Crippen LogP contribution in [0.5, 0.6) is 0 Å². The molecule has 7 nitrogen and oxygen atoms in total. The minimum Gasteiger partial charge on any atom is -0.396 e. The molecule has 0 bridgehead atoms. The second-order valence-electron chi connectivity index (χ2n) is 7.70. The molecule has 1 saturated heterocycles. The highest BCUT2D eigenvalue weighted by molar-refractivity contribution is 7.24. The van der Waals surface area contributed by atoms with Crippen LogP contribution in [0.4, 0.5) is 0 Å². The fourth-order valence-electron chi connectivity index (χ4n) is 3.29. The average molecular weight is 446 g/mol. The fraction of sp³-hybridized carbons (Fsp3) is 0.391. The molecule has 1 aliphatic heterocycles. The van der Waals surface area contributed by atoms with E-state index in [1.807, 2.05) is 30.3 Å². The molecule has 1 atom stereocenters. The minimum absolute atomic E-state index is 0.0128. The van der Waals surface area contributed by atoms with Gasteiger partial charge < -0.3 is 30.6 Å². The Hall–Kier alpha value is -2.15. The number of aliphatic hydroxyl groups excluding tert-OH is 1. The Morgan fingerprint density at radius 3 is 2.23 bits per heavy atom. The van der Waals surface area contributed by atoms with E-state index in [1.165, 1.54) is 5.56 Å². The number of amides is 1. The van der Waals surface area contributed by atoms with Gasteiger partial charge in [-0.3, -0.25) is 4.79 Å². The second kappa shape index (κ2) is 12.6. The highest BCUT2D eigenvalue weighted by Crippen LogP contribution is 2.23. The zero-order chi connectivity index (χ0) is 22.7. The Morgan fingerprint density at radius 2 is 1.71 bits per heavy atom. The second-order valence-corrected chi connectivity index (χ2v) is 8.17. The number of hydrogen-bond donors (Lipinski definition) is 4. The Bertz CT molecular complexity index is 822. The van der Waals surface area contributed by atoms with E-state index in [-0.39, 0.29) is 12.5 Å². The summed E-state index contributed by atoms with van der Waals surface area (Å²) >= 11 is 0. The molecule has 0 aromatic heterocycles. The Kier molecular flexibility index (Phi) is 10.2. The van der Waals surface area contributed by atoms with E-state index in [1.54, 1.807) is 36.1 Å².